The maximum atomic E-state index is 10.2. The second kappa shape index (κ2) is 5.98. The van der Waals surface area contributed by atoms with Crippen LogP contribution in [0.2, 0.25) is 0 Å². The zero-order chi connectivity index (χ0) is 11.1. The SMILES string of the molecule is COc1ccc(CO)cc1C=CCC=O. The van der Waals surface area contributed by atoms with Gasteiger partial charge >= 0.3 is 0 Å². The van der Waals surface area contributed by atoms with Crippen molar-refractivity contribution in [2.24, 2.45) is 0 Å². The van der Waals surface area contributed by atoms with Gasteiger partial charge in [-0.2, -0.15) is 0 Å². The normalized spacial score (nSPS) is 10.5. The highest BCUT2D eigenvalue weighted by Gasteiger charge is 2.00. The van der Waals surface area contributed by atoms with Gasteiger partial charge in [-0.1, -0.05) is 18.2 Å². The largest absolute Gasteiger partial charge is 0.496 e. The van der Waals surface area contributed by atoms with Crippen molar-refractivity contribution in [3.05, 3.63) is 35.4 Å². The lowest BCUT2D eigenvalue weighted by molar-refractivity contribution is -0.107. The fourth-order valence-corrected chi connectivity index (χ4v) is 1.26. The van der Waals surface area contributed by atoms with E-state index in [1.807, 2.05) is 12.1 Å². The zero-order valence-electron chi connectivity index (χ0n) is 8.64. The Morgan fingerprint density at radius 2 is 2.27 bits per heavy atom. The molecule has 1 N–H and O–H groups in total. The summed E-state index contributed by atoms with van der Waals surface area (Å²) >= 11 is 0. The van der Waals surface area contributed by atoms with E-state index < -0.39 is 0 Å². The number of rotatable bonds is 5. The molecule has 1 rings (SSSR count). The monoisotopic (exact) mass is 206 g/mol. The maximum absolute atomic E-state index is 10.2. The fraction of sp³-hybridized carbons (Fsp3) is 0.250. The molecule has 0 amide bonds. The van der Waals surface area contributed by atoms with Gasteiger partial charge in [0.1, 0.15) is 12.0 Å². The molecule has 0 atom stereocenters. The van der Waals surface area contributed by atoms with Gasteiger partial charge in [-0.15, -0.1) is 0 Å². The second-order valence-electron chi connectivity index (χ2n) is 3.04. The molecular formula is C12H14O3. The molecule has 3 nitrogen and oxygen atoms in total. The lowest BCUT2D eigenvalue weighted by atomic mass is 10.1. The van der Waals surface area contributed by atoms with Crippen LogP contribution in [0.25, 0.3) is 6.08 Å². The Morgan fingerprint density at radius 1 is 1.47 bits per heavy atom. The topological polar surface area (TPSA) is 46.5 Å². The molecular weight excluding hydrogens is 192 g/mol. The summed E-state index contributed by atoms with van der Waals surface area (Å²) in [4.78, 5) is 10.2. The highest BCUT2D eigenvalue weighted by Crippen LogP contribution is 2.21. The third kappa shape index (κ3) is 3.22. The maximum Gasteiger partial charge on any atom is 0.126 e. The number of allylic oxidation sites excluding steroid dienone is 1. The van der Waals surface area contributed by atoms with Crippen molar-refractivity contribution in [1.82, 2.24) is 0 Å². The average Bonchev–Trinajstić information content (AvgIpc) is 2.29. The smallest absolute Gasteiger partial charge is 0.126 e. The van der Waals surface area contributed by atoms with Crippen LogP contribution in [0.1, 0.15) is 17.5 Å². The summed E-state index contributed by atoms with van der Waals surface area (Å²) in [5.41, 5.74) is 1.69. The summed E-state index contributed by atoms with van der Waals surface area (Å²) in [6, 6.07) is 5.43. The number of hydrogen-bond donors (Lipinski definition) is 1. The molecule has 0 spiro atoms. The number of methoxy groups -OCH3 is 1. The van der Waals surface area contributed by atoms with Gasteiger partial charge in [0.2, 0.25) is 0 Å². The highest BCUT2D eigenvalue weighted by molar-refractivity contribution is 5.62. The minimum Gasteiger partial charge on any atom is -0.496 e. The van der Waals surface area contributed by atoms with Crippen LogP contribution in [0.15, 0.2) is 24.3 Å². The highest BCUT2D eigenvalue weighted by atomic mass is 16.5. The van der Waals surface area contributed by atoms with Crippen molar-refractivity contribution in [3.63, 3.8) is 0 Å². The Morgan fingerprint density at radius 3 is 2.87 bits per heavy atom. The minimum absolute atomic E-state index is 0.00147. The summed E-state index contributed by atoms with van der Waals surface area (Å²) < 4.78 is 5.15. The van der Waals surface area contributed by atoms with Crippen molar-refractivity contribution in [1.29, 1.82) is 0 Å². The Balaban J connectivity index is 2.95. The third-order valence-electron chi connectivity index (χ3n) is 2.01. The summed E-state index contributed by atoms with van der Waals surface area (Å²) in [6.45, 7) is -0.00147. The number of carbonyl (C=O) groups is 1. The zero-order valence-corrected chi connectivity index (χ0v) is 8.64. The van der Waals surface area contributed by atoms with Crippen LogP contribution in [0.4, 0.5) is 0 Å². The Hall–Kier alpha value is -1.61. The molecule has 0 saturated carbocycles. The van der Waals surface area contributed by atoms with Gasteiger partial charge in [0.25, 0.3) is 0 Å². The number of ether oxygens (including phenoxy) is 1. The molecule has 0 aromatic heterocycles. The standard InChI is InChI=1S/C12H14O3/c1-15-12-6-5-10(9-14)8-11(12)4-2-3-7-13/h2,4-8,14H,3,9H2,1H3. The van der Waals surface area contributed by atoms with Gasteiger partial charge in [-0.25, -0.2) is 0 Å². The molecule has 1 aromatic rings. The van der Waals surface area contributed by atoms with Crippen LogP contribution in [0.3, 0.4) is 0 Å². The van der Waals surface area contributed by atoms with Crippen LogP contribution in [0.5, 0.6) is 5.75 Å². The molecule has 0 unspecified atom stereocenters. The lowest BCUT2D eigenvalue weighted by Crippen LogP contribution is -1.90. The molecule has 0 fully saturated rings. The van der Waals surface area contributed by atoms with Crippen molar-refractivity contribution < 1.29 is 14.6 Å². The third-order valence-corrected chi connectivity index (χ3v) is 2.01. The first-order valence-corrected chi connectivity index (χ1v) is 4.69. The van der Waals surface area contributed by atoms with Crippen LogP contribution in [0, 0.1) is 0 Å². The molecule has 3 heteroatoms. The van der Waals surface area contributed by atoms with Crippen LogP contribution < -0.4 is 4.74 Å². The fourth-order valence-electron chi connectivity index (χ4n) is 1.26. The molecule has 80 valence electrons. The summed E-state index contributed by atoms with van der Waals surface area (Å²) in [7, 11) is 1.59. The predicted octanol–water partition coefficient (Wildman–Crippen LogP) is 1.79. The van der Waals surface area contributed by atoms with Crippen molar-refractivity contribution >= 4 is 12.4 Å². The number of hydrogen-bond acceptors (Lipinski definition) is 3. The van der Waals surface area contributed by atoms with Crippen LogP contribution >= 0.6 is 0 Å². The number of carbonyl (C=O) groups excluding carboxylic acids is 1. The first-order valence-electron chi connectivity index (χ1n) is 4.69. The van der Waals surface area contributed by atoms with Gasteiger partial charge in [0, 0.05) is 12.0 Å². The molecule has 0 bridgehead atoms. The van der Waals surface area contributed by atoms with E-state index in [1.54, 1.807) is 25.3 Å². The van der Waals surface area contributed by atoms with Gasteiger partial charge in [-0.3, -0.25) is 0 Å². The number of aliphatic hydroxyl groups is 1. The van der Waals surface area contributed by atoms with E-state index in [4.69, 9.17) is 9.84 Å². The Kier molecular flexibility index (Phi) is 4.57. The lowest BCUT2D eigenvalue weighted by Gasteiger charge is -2.06. The second-order valence-corrected chi connectivity index (χ2v) is 3.04. The van der Waals surface area contributed by atoms with E-state index in [2.05, 4.69) is 0 Å². The quantitative estimate of drug-likeness (QED) is 0.747. The van der Waals surface area contributed by atoms with E-state index in [9.17, 15) is 4.79 Å². The molecule has 0 heterocycles. The van der Waals surface area contributed by atoms with E-state index >= 15 is 0 Å². The molecule has 0 saturated heterocycles. The first kappa shape index (κ1) is 11.5. The first-order chi connectivity index (χ1) is 7.31. The van der Waals surface area contributed by atoms with Gasteiger partial charge in [0.15, 0.2) is 0 Å². The van der Waals surface area contributed by atoms with E-state index in [0.29, 0.717) is 6.42 Å². The van der Waals surface area contributed by atoms with Gasteiger partial charge in [-0.05, 0) is 17.7 Å². The van der Waals surface area contributed by atoms with Gasteiger partial charge < -0.3 is 14.6 Å². The Bertz CT molecular complexity index is 356. The molecule has 15 heavy (non-hydrogen) atoms. The van der Waals surface area contributed by atoms with E-state index in [1.165, 1.54) is 0 Å². The predicted molar refractivity (Wildman–Crippen MR) is 58.6 cm³/mol. The van der Waals surface area contributed by atoms with Gasteiger partial charge in [0.05, 0.1) is 13.7 Å². The van der Waals surface area contributed by atoms with Crippen molar-refractivity contribution in [2.45, 2.75) is 13.0 Å². The molecule has 0 aliphatic carbocycles. The molecule has 0 aliphatic heterocycles. The number of aliphatic hydroxyl groups excluding tert-OH is 1. The minimum atomic E-state index is -0.00147. The van der Waals surface area contributed by atoms with E-state index in [0.717, 1.165) is 23.2 Å². The number of aldehydes is 1. The molecule has 1 aromatic carbocycles. The Labute approximate surface area is 89.0 Å². The number of benzene rings is 1. The van der Waals surface area contributed by atoms with Crippen molar-refractivity contribution in [3.8, 4) is 5.75 Å². The van der Waals surface area contributed by atoms with Crippen LogP contribution in [-0.2, 0) is 11.4 Å². The summed E-state index contributed by atoms with van der Waals surface area (Å²) in [6.07, 6.45) is 4.78. The summed E-state index contributed by atoms with van der Waals surface area (Å²) in [5, 5.41) is 8.98. The molecule has 0 aliphatic rings. The molecule has 0 radical (unpaired) electrons. The van der Waals surface area contributed by atoms with Crippen LogP contribution in [-0.4, -0.2) is 18.5 Å². The summed E-state index contributed by atoms with van der Waals surface area (Å²) in [5.74, 6) is 0.731. The van der Waals surface area contributed by atoms with Crippen molar-refractivity contribution in [2.75, 3.05) is 7.11 Å². The van der Waals surface area contributed by atoms with E-state index in [-0.39, 0.29) is 6.61 Å². The average molecular weight is 206 g/mol.